The molecule has 2 amide bonds. The number of amides is 2. The lowest BCUT2D eigenvalue weighted by molar-refractivity contribution is -0.153. The molecule has 9 heteroatoms. The van der Waals surface area contributed by atoms with Crippen molar-refractivity contribution in [2.45, 2.75) is 60.0 Å². The summed E-state index contributed by atoms with van der Waals surface area (Å²) in [6.07, 6.45) is 4.98. The van der Waals surface area contributed by atoms with E-state index in [1.807, 2.05) is 13.8 Å². The van der Waals surface area contributed by atoms with Gasteiger partial charge in [-0.3, -0.25) is 14.4 Å². The van der Waals surface area contributed by atoms with Crippen LogP contribution in [0, 0.1) is 11.8 Å². The first kappa shape index (κ1) is 25.3. The van der Waals surface area contributed by atoms with Crippen LogP contribution in [0.25, 0.3) is 0 Å². The highest BCUT2D eigenvalue weighted by molar-refractivity contribution is 9.09. The Balaban J connectivity index is 2.02. The lowest BCUT2D eigenvalue weighted by atomic mass is 9.71. The van der Waals surface area contributed by atoms with Crippen LogP contribution < -0.4 is 0 Å². The van der Waals surface area contributed by atoms with Crippen LogP contribution in [-0.2, 0) is 19.1 Å². The van der Waals surface area contributed by atoms with E-state index in [9.17, 15) is 19.5 Å². The summed E-state index contributed by atoms with van der Waals surface area (Å²) in [7, 11) is 0. The molecule has 0 aromatic carbocycles. The molecule has 1 spiro atoms. The zero-order valence-electron chi connectivity index (χ0n) is 18.7. The molecule has 178 valence electrons. The number of aliphatic hydroxyl groups excluding tert-OH is 1. The van der Waals surface area contributed by atoms with E-state index < -0.39 is 28.6 Å². The van der Waals surface area contributed by atoms with Gasteiger partial charge in [0.1, 0.15) is 12.6 Å². The first-order valence-electron chi connectivity index (χ1n) is 11.2. The van der Waals surface area contributed by atoms with E-state index in [0.29, 0.717) is 32.4 Å². The molecule has 3 unspecified atom stereocenters. The number of hydrogen-bond donors (Lipinski definition) is 1. The minimum absolute atomic E-state index is 0.0115. The Labute approximate surface area is 202 Å². The molecule has 0 saturated carbocycles. The number of hydrogen-bond acceptors (Lipinski definition) is 6. The van der Waals surface area contributed by atoms with Crippen molar-refractivity contribution < 1.29 is 24.2 Å². The second-order valence-corrected chi connectivity index (χ2v) is 11.6. The number of unbranched alkanes of at least 4 members (excludes halogenated alkanes) is 1. The average Bonchev–Trinajstić information content (AvgIpc) is 3.33. The van der Waals surface area contributed by atoms with E-state index in [-0.39, 0.29) is 41.1 Å². The molecule has 0 aliphatic carbocycles. The van der Waals surface area contributed by atoms with Gasteiger partial charge in [0.05, 0.1) is 16.6 Å². The predicted octanol–water partition coefficient (Wildman–Crippen LogP) is 2.38. The normalized spacial score (nSPS) is 32.8. The van der Waals surface area contributed by atoms with Crippen LogP contribution in [0.1, 0.15) is 33.1 Å². The third-order valence-electron chi connectivity index (χ3n) is 6.68. The maximum absolute atomic E-state index is 13.9. The van der Waals surface area contributed by atoms with E-state index in [2.05, 4.69) is 29.1 Å². The minimum Gasteiger partial charge on any atom is -0.461 e. The highest BCUT2D eigenvalue weighted by atomic mass is 79.9. The number of alkyl halides is 1. The molecule has 2 bridgehead atoms. The molecule has 0 aromatic heterocycles. The first-order valence-corrected chi connectivity index (χ1v) is 13.0. The number of thioether (sulfide) groups is 1. The third-order valence-corrected chi connectivity index (χ3v) is 9.90. The maximum atomic E-state index is 13.9. The van der Waals surface area contributed by atoms with Crippen LogP contribution in [0.3, 0.4) is 0 Å². The quantitative estimate of drug-likeness (QED) is 0.192. The number of nitrogens with zero attached hydrogens (tertiary/aromatic N) is 2. The summed E-state index contributed by atoms with van der Waals surface area (Å²) >= 11 is 5.33. The van der Waals surface area contributed by atoms with Gasteiger partial charge in [0.25, 0.3) is 0 Å². The van der Waals surface area contributed by atoms with Crippen molar-refractivity contribution >= 4 is 45.5 Å². The molecule has 1 N–H and O–H groups in total. The predicted molar refractivity (Wildman–Crippen MR) is 128 cm³/mol. The summed E-state index contributed by atoms with van der Waals surface area (Å²) < 4.78 is 4.70. The summed E-state index contributed by atoms with van der Waals surface area (Å²) in [4.78, 5) is 44.1. The van der Waals surface area contributed by atoms with Gasteiger partial charge in [0.2, 0.25) is 11.8 Å². The number of rotatable bonds is 11. The van der Waals surface area contributed by atoms with Gasteiger partial charge < -0.3 is 19.6 Å². The van der Waals surface area contributed by atoms with E-state index >= 15 is 0 Å². The summed E-state index contributed by atoms with van der Waals surface area (Å²) in [6.45, 7) is 12.2. The molecule has 3 aliphatic rings. The summed E-state index contributed by atoms with van der Waals surface area (Å²) in [5.74, 6) is -1.85. The Kier molecular flexibility index (Phi) is 8.15. The van der Waals surface area contributed by atoms with E-state index in [1.165, 1.54) is 6.08 Å². The fraction of sp³-hybridized carbons (Fsp3) is 0.696. The number of fused-ring (bicyclic) bond motifs is 1. The van der Waals surface area contributed by atoms with Gasteiger partial charge >= 0.3 is 5.97 Å². The molecule has 3 aliphatic heterocycles. The van der Waals surface area contributed by atoms with Gasteiger partial charge in [0, 0.05) is 35.8 Å². The lowest BCUT2D eigenvalue weighted by Crippen LogP contribution is -2.56. The number of esters is 1. The molecular weight excluding hydrogens is 496 g/mol. The fourth-order valence-electron chi connectivity index (χ4n) is 5.40. The van der Waals surface area contributed by atoms with Crippen LogP contribution in [0.5, 0.6) is 0 Å². The van der Waals surface area contributed by atoms with E-state index in [0.717, 1.165) is 0 Å². The molecule has 3 saturated heterocycles. The number of aliphatic hydroxyl groups is 1. The van der Waals surface area contributed by atoms with Crippen LogP contribution in [0.4, 0.5) is 0 Å². The molecule has 3 heterocycles. The van der Waals surface area contributed by atoms with E-state index in [4.69, 9.17) is 4.74 Å². The molecular formula is C23H33BrN2O5S. The molecule has 32 heavy (non-hydrogen) atoms. The van der Waals surface area contributed by atoms with Crippen LogP contribution in [0.15, 0.2) is 25.3 Å². The number of halogens is 1. The Morgan fingerprint density at radius 2 is 2.09 bits per heavy atom. The molecule has 0 aromatic rings. The van der Waals surface area contributed by atoms with Crippen LogP contribution in [-0.4, -0.2) is 85.9 Å². The zero-order chi connectivity index (χ0) is 23.6. The number of carbonyl (C=O) groups is 3. The standard InChI is InChI=1S/C23H33BrN2O5S/c1-5-9-25(14(3)4)21(29)19-23-13-15(24)18(32-23)16(22(30)31-12-6-2)17(23)20(28)26(19)10-7-8-11-27/h5-6,14-19,27H,1-2,7-13H2,3-4H3/t15?,16-,17-,18-,19?,23?/m0/s1. The minimum atomic E-state index is -0.682. The van der Waals surface area contributed by atoms with Crippen molar-refractivity contribution in [1.82, 2.24) is 9.80 Å². The largest absolute Gasteiger partial charge is 0.461 e. The Hall–Kier alpha value is -1.32. The monoisotopic (exact) mass is 528 g/mol. The molecule has 3 rings (SSSR count). The molecule has 6 atom stereocenters. The number of ether oxygens (including phenoxy) is 1. The van der Waals surface area contributed by atoms with Gasteiger partial charge in [0.15, 0.2) is 0 Å². The van der Waals surface area contributed by atoms with Crippen molar-refractivity contribution in [1.29, 1.82) is 0 Å². The molecule has 0 radical (unpaired) electrons. The maximum Gasteiger partial charge on any atom is 0.311 e. The topological polar surface area (TPSA) is 87.1 Å². The summed E-state index contributed by atoms with van der Waals surface area (Å²) in [5, 5.41) is 9.12. The number of carbonyl (C=O) groups excluding carboxylic acids is 3. The first-order chi connectivity index (χ1) is 15.2. The van der Waals surface area contributed by atoms with Crippen molar-refractivity contribution in [2.24, 2.45) is 11.8 Å². The highest BCUT2D eigenvalue weighted by Crippen LogP contribution is 2.68. The van der Waals surface area contributed by atoms with Crippen molar-refractivity contribution in [2.75, 3.05) is 26.3 Å². The van der Waals surface area contributed by atoms with Gasteiger partial charge in [-0.05, 0) is 33.1 Å². The van der Waals surface area contributed by atoms with Gasteiger partial charge in [-0.25, -0.2) is 0 Å². The highest BCUT2D eigenvalue weighted by Gasteiger charge is 2.76. The van der Waals surface area contributed by atoms with Crippen molar-refractivity contribution in [3.05, 3.63) is 25.3 Å². The third kappa shape index (κ3) is 4.16. The Bertz CT molecular complexity index is 777. The fourth-order valence-corrected chi connectivity index (χ4v) is 9.00. The van der Waals surface area contributed by atoms with Gasteiger partial charge in [-0.1, -0.05) is 34.7 Å². The lowest BCUT2D eigenvalue weighted by Gasteiger charge is -2.39. The summed E-state index contributed by atoms with van der Waals surface area (Å²) in [5.41, 5.74) is 0. The Morgan fingerprint density at radius 3 is 2.69 bits per heavy atom. The van der Waals surface area contributed by atoms with Gasteiger partial charge in [-0.2, -0.15) is 0 Å². The van der Waals surface area contributed by atoms with Crippen LogP contribution >= 0.6 is 27.7 Å². The molecule has 7 nitrogen and oxygen atoms in total. The number of likely N-dealkylation sites (tertiary alicyclic amines) is 1. The van der Waals surface area contributed by atoms with Crippen molar-refractivity contribution in [3.63, 3.8) is 0 Å². The zero-order valence-corrected chi connectivity index (χ0v) is 21.1. The van der Waals surface area contributed by atoms with E-state index in [1.54, 1.807) is 27.6 Å². The smallest absolute Gasteiger partial charge is 0.311 e. The SMILES string of the molecule is C=CCOC(=O)[C@H]1[C@H]2C(=O)N(CCCCO)C(C(=O)N(CC=C)C(C)C)C23CC(Br)[C@@H]1S3. The average molecular weight is 529 g/mol. The second kappa shape index (κ2) is 10.3. The van der Waals surface area contributed by atoms with Gasteiger partial charge in [-0.15, -0.1) is 18.3 Å². The van der Waals surface area contributed by atoms with Crippen LogP contribution in [0.2, 0.25) is 0 Å². The molecule has 3 fully saturated rings. The Morgan fingerprint density at radius 1 is 1.38 bits per heavy atom. The second-order valence-electron chi connectivity index (χ2n) is 8.92. The summed E-state index contributed by atoms with van der Waals surface area (Å²) in [6, 6.07) is -0.713. The van der Waals surface area contributed by atoms with Crippen molar-refractivity contribution in [3.8, 4) is 0 Å².